The molecular formula is C14H20N2O. The van der Waals surface area contributed by atoms with E-state index in [0.717, 1.165) is 31.5 Å². The van der Waals surface area contributed by atoms with Gasteiger partial charge in [0.2, 0.25) is 5.91 Å². The summed E-state index contributed by atoms with van der Waals surface area (Å²) in [6, 6.07) is 3.92. The van der Waals surface area contributed by atoms with E-state index in [-0.39, 0.29) is 5.91 Å². The Balaban J connectivity index is 2.51. The Morgan fingerprint density at radius 1 is 1.53 bits per heavy atom. The fourth-order valence-corrected chi connectivity index (χ4v) is 2.83. The van der Waals surface area contributed by atoms with Crippen LogP contribution in [0.3, 0.4) is 0 Å². The predicted octanol–water partition coefficient (Wildman–Crippen LogP) is 1.73. The third-order valence-electron chi connectivity index (χ3n) is 3.72. The van der Waals surface area contributed by atoms with Gasteiger partial charge in [-0.15, -0.1) is 0 Å². The van der Waals surface area contributed by atoms with Crippen molar-refractivity contribution < 1.29 is 4.79 Å². The highest BCUT2D eigenvalue weighted by Crippen LogP contribution is 2.30. The molecule has 3 heteroatoms. The summed E-state index contributed by atoms with van der Waals surface area (Å²) in [7, 11) is 0. The molecule has 0 aromatic heterocycles. The molecule has 0 aliphatic carbocycles. The number of nitrogens with two attached hydrogens (primary N) is 1. The number of rotatable bonds is 3. The van der Waals surface area contributed by atoms with Gasteiger partial charge in [0.15, 0.2) is 0 Å². The van der Waals surface area contributed by atoms with E-state index < -0.39 is 0 Å². The number of nitrogens with one attached hydrogen (secondary N) is 1. The van der Waals surface area contributed by atoms with E-state index in [1.807, 2.05) is 13.0 Å². The van der Waals surface area contributed by atoms with E-state index in [1.165, 1.54) is 11.1 Å². The number of hydrogen-bond donors (Lipinski definition) is 2. The monoisotopic (exact) mass is 232 g/mol. The van der Waals surface area contributed by atoms with Crippen molar-refractivity contribution in [2.45, 2.75) is 32.6 Å². The van der Waals surface area contributed by atoms with Gasteiger partial charge in [-0.25, -0.2) is 0 Å². The Hall–Kier alpha value is -1.35. The van der Waals surface area contributed by atoms with Crippen LogP contribution in [0.5, 0.6) is 0 Å². The van der Waals surface area contributed by atoms with Crippen LogP contribution in [0.15, 0.2) is 12.1 Å². The lowest BCUT2D eigenvalue weighted by Crippen LogP contribution is -2.17. The first-order valence-corrected chi connectivity index (χ1v) is 6.28. The SMILES string of the molecule is CCc1ccc(C(N)=O)c(C)c1C1CCNC1. The average molecular weight is 232 g/mol. The summed E-state index contributed by atoms with van der Waals surface area (Å²) < 4.78 is 0. The molecule has 1 aromatic carbocycles. The molecule has 0 saturated carbocycles. The molecule has 1 atom stereocenters. The third-order valence-corrected chi connectivity index (χ3v) is 3.72. The molecule has 1 aliphatic heterocycles. The van der Waals surface area contributed by atoms with Crippen LogP contribution in [-0.4, -0.2) is 19.0 Å². The standard InChI is InChI=1S/C14H20N2O/c1-3-10-4-5-12(14(15)17)9(2)13(10)11-6-7-16-8-11/h4-5,11,16H,3,6-8H2,1-2H3,(H2,15,17). The molecule has 0 radical (unpaired) electrons. The van der Waals surface area contributed by atoms with Crippen molar-refractivity contribution in [2.75, 3.05) is 13.1 Å². The molecule has 0 bridgehead atoms. The smallest absolute Gasteiger partial charge is 0.248 e. The molecule has 3 nitrogen and oxygen atoms in total. The Morgan fingerprint density at radius 3 is 2.82 bits per heavy atom. The van der Waals surface area contributed by atoms with Crippen LogP contribution in [-0.2, 0) is 6.42 Å². The first-order chi connectivity index (χ1) is 8.15. The summed E-state index contributed by atoms with van der Waals surface area (Å²) in [5.41, 5.74) is 9.85. The van der Waals surface area contributed by atoms with Crippen molar-refractivity contribution in [3.05, 3.63) is 34.4 Å². The van der Waals surface area contributed by atoms with Crippen molar-refractivity contribution in [2.24, 2.45) is 5.73 Å². The van der Waals surface area contributed by atoms with Gasteiger partial charge in [0, 0.05) is 12.1 Å². The van der Waals surface area contributed by atoms with Crippen molar-refractivity contribution in [3.63, 3.8) is 0 Å². The van der Waals surface area contributed by atoms with Crippen LogP contribution in [0.4, 0.5) is 0 Å². The topological polar surface area (TPSA) is 55.1 Å². The maximum atomic E-state index is 11.4. The lowest BCUT2D eigenvalue weighted by molar-refractivity contribution is 0.0999. The zero-order valence-corrected chi connectivity index (χ0v) is 10.5. The zero-order valence-electron chi connectivity index (χ0n) is 10.5. The minimum absolute atomic E-state index is 0.322. The van der Waals surface area contributed by atoms with E-state index >= 15 is 0 Å². The van der Waals surface area contributed by atoms with E-state index in [2.05, 4.69) is 18.3 Å². The van der Waals surface area contributed by atoms with Crippen LogP contribution >= 0.6 is 0 Å². The number of aryl methyl sites for hydroxylation is 1. The van der Waals surface area contributed by atoms with E-state index in [9.17, 15) is 4.79 Å². The third kappa shape index (κ3) is 2.20. The van der Waals surface area contributed by atoms with Gasteiger partial charge in [-0.05, 0) is 55.0 Å². The molecule has 1 saturated heterocycles. The van der Waals surface area contributed by atoms with Gasteiger partial charge in [0.1, 0.15) is 0 Å². The molecule has 2 rings (SSSR count). The van der Waals surface area contributed by atoms with Gasteiger partial charge in [-0.1, -0.05) is 13.0 Å². The van der Waals surface area contributed by atoms with Crippen molar-refractivity contribution in [1.29, 1.82) is 0 Å². The number of carbonyl (C=O) groups is 1. The second-order valence-corrected chi connectivity index (χ2v) is 4.72. The first-order valence-electron chi connectivity index (χ1n) is 6.28. The Morgan fingerprint density at radius 2 is 2.29 bits per heavy atom. The van der Waals surface area contributed by atoms with E-state index in [0.29, 0.717) is 11.5 Å². The van der Waals surface area contributed by atoms with Gasteiger partial charge < -0.3 is 11.1 Å². The van der Waals surface area contributed by atoms with Crippen LogP contribution in [0, 0.1) is 6.92 Å². The Bertz CT molecular complexity index is 434. The van der Waals surface area contributed by atoms with Crippen LogP contribution in [0.1, 0.15) is 46.3 Å². The highest BCUT2D eigenvalue weighted by Gasteiger charge is 2.23. The molecule has 1 aromatic rings. The van der Waals surface area contributed by atoms with Crippen molar-refractivity contribution in [1.82, 2.24) is 5.32 Å². The van der Waals surface area contributed by atoms with Gasteiger partial charge in [-0.3, -0.25) is 4.79 Å². The van der Waals surface area contributed by atoms with Crippen LogP contribution in [0.2, 0.25) is 0 Å². The summed E-state index contributed by atoms with van der Waals surface area (Å²) in [4.78, 5) is 11.4. The second-order valence-electron chi connectivity index (χ2n) is 4.72. The van der Waals surface area contributed by atoms with Gasteiger partial charge in [0.05, 0.1) is 0 Å². The molecule has 17 heavy (non-hydrogen) atoms. The fourth-order valence-electron chi connectivity index (χ4n) is 2.83. The summed E-state index contributed by atoms with van der Waals surface area (Å²) in [5, 5.41) is 3.38. The zero-order chi connectivity index (χ0) is 12.4. The van der Waals surface area contributed by atoms with Crippen LogP contribution in [0.25, 0.3) is 0 Å². The number of carbonyl (C=O) groups excluding carboxylic acids is 1. The summed E-state index contributed by atoms with van der Waals surface area (Å²) in [5.74, 6) is 0.210. The second kappa shape index (κ2) is 4.88. The maximum Gasteiger partial charge on any atom is 0.248 e. The molecule has 3 N–H and O–H groups in total. The summed E-state index contributed by atoms with van der Waals surface area (Å²) in [6.45, 7) is 6.25. The van der Waals surface area contributed by atoms with Crippen LogP contribution < -0.4 is 11.1 Å². The number of amides is 1. The van der Waals surface area contributed by atoms with Gasteiger partial charge in [-0.2, -0.15) is 0 Å². The molecule has 1 unspecified atom stereocenters. The first kappa shape index (κ1) is 12.1. The average Bonchev–Trinajstić information content (AvgIpc) is 2.81. The molecule has 1 amide bonds. The minimum Gasteiger partial charge on any atom is -0.366 e. The lowest BCUT2D eigenvalue weighted by Gasteiger charge is -2.19. The molecule has 0 spiro atoms. The fraction of sp³-hybridized carbons (Fsp3) is 0.500. The number of primary amides is 1. The minimum atomic E-state index is -0.322. The highest BCUT2D eigenvalue weighted by molar-refractivity contribution is 5.94. The molecule has 1 aliphatic rings. The quantitative estimate of drug-likeness (QED) is 0.834. The largest absolute Gasteiger partial charge is 0.366 e. The maximum absolute atomic E-state index is 11.4. The van der Waals surface area contributed by atoms with E-state index in [4.69, 9.17) is 5.73 Å². The molecule has 1 fully saturated rings. The molecule has 92 valence electrons. The predicted molar refractivity (Wildman–Crippen MR) is 69.3 cm³/mol. The van der Waals surface area contributed by atoms with Crippen molar-refractivity contribution in [3.8, 4) is 0 Å². The Labute approximate surface area is 102 Å². The normalized spacial score (nSPS) is 19.5. The Kier molecular flexibility index (Phi) is 3.48. The number of benzene rings is 1. The van der Waals surface area contributed by atoms with Crippen molar-refractivity contribution >= 4 is 5.91 Å². The molecular weight excluding hydrogens is 212 g/mol. The lowest BCUT2D eigenvalue weighted by atomic mass is 9.86. The van der Waals surface area contributed by atoms with E-state index in [1.54, 1.807) is 0 Å². The summed E-state index contributed by atoms with van der Waals surface area (Å²) in [6.07, 6.45) is 2.15. The molecule has 1 heterocycles. The highest BCUT2D eigenvalue weighted by atomic mass is 16.1. The van der Waals surface area contributed by atoms with Gasteiger partial charge >= 0.3 is 0 Å². The summed E-state index contributed by atoms with van der Waals surface area (Å²) >= 11 is 0. The van der Waals surface area contributed by atoms with Gasteiger partial charge in [0.25, 0.3) is 0 Å². The number of hydrogen-bond acceptors (Lipinski definition) is 2.